The molecule has 0 fully saturated rings. The van der Waals surface area contributed by atoms with Crippen LogP contribution in [0.25, 0.3) is 4.96 Å². The van der Waals surface area contributed by atoms with Crippen LogP contribution in [-0.2, 0) is 9.53 Å². The molecule has 2 aromatic heterocycles. The molecule has 0 unspecified atom stereocenters. The number of aromatic nitrogens is 2. The van der Waals surface area contributed by atoms with E-state index in [1.165, 1.54) is 17.7 Å². The number of methoxy groups -OCH3 is 1. The highest BCUT2D eigenvalue weighted by Crippen LogP contribution is 2.19. The zero-order chi connectivity index (χ0) is 10.6. The molecule has 76 valence electrons. The van der Waals surface area contributed by atoms with Gasteiger partial charge in [0, 0.05) is 23.0 Å². The van der Waals surface area contributed by atoms with Gasteiger partial charge in [0.1, 0.15) is 0 Å². The van der Waals surface area contributed by atoms with E-state index in [1.54, 1.807) is 11.3 Å². The van der Waals surface area contributed by atoms with E-state index in [-0.39, 0.29) is 0 Å². The first-order valence-electron chi connectivity index (χ1n) is 4.06. The number of imidazole rings is 1. The van der Waals surface area contributed by atoms with Crippen molar-refractivity contribution in [3.63, 3.8) is 0 Å². The van der Waals surface area contributed by atoms with E-state index in [0.29, 0.717) is 6.47 Å². The van der Waals surface area contributed by atoms with E-state index >= 15 is 0 Å². The summed E-state index contributed by atoms with van der Waals surface area (Å²) in [5.41, 5.74) is 1.30. The predicted molar refractivity (Wildman–Crippen MR) is 55.6 cm³/mol. The molecule has 0 bridgehead atoms. The molecule has 2 heterocycles. The van der Waals surface area contributed by atoms with Crippen LogP contribution in [0.1, 0.15) is 10.6 Å². The molecular weight excluding hydrogens is 200 g/mol. The molecule has 0 aromatic carbocycles. The average molecular weight is 212 g/mol. The van der Waals surface area contributed by atoms with Crippen molar-refractivity contribution in [3.05, 3.63) is 23.0 Å². The van der Waals surface area contributed by atoms with Gasteiger partial charge in [0.15, 0.2) is 4.96 Å². The lowest BCUT2D eigenvalue weighted by Crippen LogP contribution is -1.80. The number of carbonyl (C=O) groups excluding carboxylic acids is 1. The summed E-state index contributed by atoms with van der Waals surface area (Å²) < 4.78 is 5.97. The highest BCUT2D eigenvalue weighted by Gasteiger charge is 2.02. The molecule has 0 saturated carbocycles. The minimum Gasteiger partial charge on any atom is -0.471 e. The van der Waals surface area contributed by atoms with Gasteiger partial charge < -0.3 is 4.74 Å². The Balaban J connectivity index is 0.000000213. The second-order valence-corrected chi connectivity index (χ2v) is 3.84. The van der Waals surface area contributed by atoms with Gasteiger partial charge in [-0.25, -0.2) is 4.98 Å². The van der Waals surface area contributed by atoms with Crippen LogP contribution in [0.5, 0.6) is 0 Å². The average Bonchev–Trinajstić information content (AvgIpc) is 2.73. The third kappa shape index (κ3) is 2.11. The minimum absolute atomic E-state index is 0.375. The highest BCUT2D eigenvalue weighted by atomic mass is 32.1. The number of aryl methyl sites for hydroxylation is 2. The summed E-state index contributed by atoms with van der Waals surface area (Å²) in [4.78, 5) is 15.6. The Bertz CT molecular complexity index is 419. The van der Waals surface area contributed by atoms with Crippen molar-refractivity contribution < 1.29 is 9.53 Å². The van der Waals surface area contributed by atoms with Gasteiger partial charge in [-0.05, 0) is 13.8 Å². The van der Waals surface area contributed by atoms with Gasteiger partial charge in [0.05, 0.1) is 7.11 Å². The Morgan fingerprint density at radius 2 is 2.21 bits per heavy atom. The standard InChI is InChI=1S/C7H8N2S.C2H4O2/c1-5-6(2)10-7-8-3-4-9(5)7;1-4-2-3/h3-4H,1-2H3;2H,1H3. The van der Waals surface area contributed by atoms with Crippen LogP contribution in [0.4, 0.5) is 0 Å². The van der Waals surface area contributed by atoms with Gasteiger partial charge in [-0.15, -0.1) is 11.3 Å². The minimum atomic E-state index is 0.375. The van der Waals surface area contributed by atoms with Gasteiger partial charge in [-0.2, -0.15) is 0 Å². The molecule has 0 N–H and O–H groups in total. The Morgan fingerprint density at radius 1 is 1.57 bits per heavy atom. The number of rotatable bonds is 1. The third-order valence-corrected chi connectivity index (χ3v) is 2.90. The maximum atomic E-state index is 8.95. The Hall–Kier alpha value is -1.36. The van der Waals surface area contributed by atoms with Gasteiger partial charge in [-0.3, -0.25) is 9.20 Å². The lowest BCUT2D eigenvalue weighted by atomic mass is 10.4. The van der Waals surface area contributed by atoms with Crippen LogP contribution in [0.2, 0.25) is 0 Å². The number of ether oxygens (including phenoxy) is 1. The Morgan fingerprint density at radius 3 is 2.71 bits per heavy atom. The first-order chi connectivity index (χ1) is 6.70. The topological polar surface area (TPSA) is 43.6 Å². The SMILES string of the molecule is COC=O.Cc1sc2nccn2c1C. The lowest BCUT2D eigenvalue weighted by Gasteiger charge is -1.86. The summed E-state index contributed by atoms with van der Waals surface area (Å²) in [7, 11) is 1.31. The van der Waals surface area contributed by atoms with E-state index in [2.05, 4.69) is 28.0 Å². The van der Waals surface area contributed by atoms with Gasteiger partial charge in [0.2, 0.25) is 0 Å². The molecule has 14 heavy (non-hydrogen) atoms. The molecule has 0 amide bonds. The predicted octanol–water partition coefficient (Wildman–Crippen LogP) is 1.80. The van der Waals surface area contributed by atoms with Crippen LogP contribution < -0.4 is 0 Å². The quantitative estimate of drug-likeness (QED) is 0.677. The fraction of sp³-hybridized carbons (Fsp3) is 0.333. The molecule has 5 heteroatoms. The number of thiazole rings is 1. The molecule has 4 nitrogen and oxygen atoms in total. The largest absolute Gasteiger partial charge is 0.471 e. The van der Waals surface area contributed by atoms with Crippen molar-refractivity contribution in [1.82, 2.24) is 9.38 Å². The molecule has 0 aliphatic carbocycles. The van der Waals surface area contributed by atoms with Crippen molar-refractivity contribution in [1.29, 1.82) is 0 Å². The van der Waals surface area contributed by atoms with Crippen molar-refractivity contribution in [2.75, 3.05) is 7.11 Å². The van der Waals surface area contributed by atoms with Gasteiger partial charge >= 0.3 is 0 Å². The Labute approximate surface area is 86.2 Å². The maximum absolute atomic E-state index is 8.95. The van der Waals surface area contributed by atoms with Crippen LogP contribution in [0.15, 0.2) is 12.4 Å². The summed E-state index contributed by atoms with van der Waals surface area (Å²) in [6.45, 7) is 4.61. The van der Waals surface area contributed by atoms with Crippen LogP contribution in [0.3, 0.4) is 0 Å². The number of hydrogen-bond donors (Lipinski definition) is 0. The van der Waals surface area contributed by atoms with E-state index in [4.69, 9.17) is 4.79 Å². The molecule has 0 atom stereocenters. The third-order valence-electron chi connectivity index (χ3n) is 1.82. The molecule has 0 spiro atoms. The van der Waals surface area contributed by atoms with Crippen LogP contribution >= 0.6 is 11.3 Å². The van der Waals surface area contributed by atoms with Crippen LogP contribution in [0, 0.1) is 13.8 Å². The fourth-order valence-corrected chi connectivity index (χ4v) is 1.93. The first-order valence-corrected chi connectivity index (χ1v) is 4.87. The normalized spacial score (nSPS) is 9.36. The van der Waals surface area contributed by atoms with E-state index in [9.17, 15) is 0 Å². The number of hydrogen-bond acceptors (Lipinski definition) is 4. The summed E-state index contributed by atoms with van der Waals surface area (Å²) >= 11 is 1.74. The molecule has 2 aromatic rings. The molecule has 0 aliphatic rings. The zero-order valence-corrected chi connectivity index (χ0v) is 9.17. The maximum Gasteiger partial charge on any atom is 0.292 e. The van der Waals surface area contributed by atoms with Crippen LogP contribution in [-0.4, -0.2) is 23.0 Å². The monoisotopic (exact) mass is 212 g/mol. The molecule has 2 rings (SSSR count). The number of nitrogens with zero attached hydrogens (tertiary/aromatic N) is 2. The van der Waals surface area contributed by atoms with E-state index in [0.717, 1.165) is 4.96 Å². The first kappa shape index (κ1) is 10.7. The second kappa shape index (κ2) is 4.76. The molecule has 0 radical (unpaired) electrons. The summed E-state index contributed by atoms with van der Waals surface area (Å²) in [6.07, 6.45) is 3.83. The summed E-state index contributed by atoms with van der Waals surface area (Å²) in [5.74, 6) is 0. The summed E-state index contributed by atoms with van der Waals surface area (Å²) in [5, 5.41) is 0. The Kier molecular flexibility index (Phi) is 3.64. The second-order valence-electron chi connectivity index (χ2n) is 2.66. The van der Waals surface area contributed by atoms with Gasteiger partial charge in [-0.1, -0.05) is 0 Å². The van der Waals surface area contributed by atoms with Crippen molar-refractivity contribution >= 4 is 22.8 Å². The van der Waals surface area contributed by atoms with Crippen molar-refractivity contribution in [2.24, 2.45) is 0 Å². The van der Waals surface area contributed by atoms with Crippen molar-refractivity contribution in [2.45, 2.75) is 13.8 Å². The van der Waals surface area contributed by atoms with Crippen molar-refractivity contribution in [3.8, 4) is 0 Å². The van der Waals surface area contributed by atoms with E-state index in [1.807, 2.05) is 12.4 Å². The van der Waals surface area contributed by atoms with Gasteiger partial charge in [0.25, 0.3) is 6.47 Å². The zero-order valence-electron chi connectivity index (χ0n) is 8.35. The molecule has 0 saturated heterocycles. The van der Waals surface area contributed by atoms with E-state index < -0.39 is 0 Å². The smallest absolute Gasteiger partial charge is 0.292 e. The molecular formula is C9H12N2O2S. The molecule has 0 aliphatic heterocycles. The summed E-state index contributed by atoms with van der Waals surface area (Å²) in [6, 6.07) is 0. The number of carbonyl (C=O) groups is 1. The number of fused-ring (bicyclic) bond motifs is 1. The fourth-order valence-electron chi connectivity index (χ4n) is 1.00. The lowest BCUT2D eigenvalue weighted by molar-refractivity contribution is -0.126. The highest BCUT2D eigenvalue weighted by molar-refractivity contribution is 7.17.